The van der Waals surface area contributed by atoms with Crippen molar-refractivity contribution in [2.45, 2.75) is 30.8 Å². The molecule has 3 atom stereocenters. The van der Waals surface area contributed by atoms with Crippen molar-refractivity contribution in [2.24, 2.45) is 5.92 Å². The number of phenols is 1. The fourth-order valence-electron chi connectivity index (χ4n) is 6.05. The lowest BCUT2D eigenvalue weighted by Gasteiger charge is -2.51. The molecule has 29 heavy (non-hydrogen) atoms. The van der Waals surface area contributed by atoms with Crippen LogP contribution in [0.2, 0.25) is 0 Å². The van der Waals surface area contributed by atoms with Gasteiger partial charge in [-0.25, -0.2) is 0 Å². The average molecular weight is 387 g/mol. The lowest BCUT2D eigenvalue weighted by molar-refractivity contribution is -0.00356. The van der Waals surface area contributed by atoms with Gasteiger partial charge in [0, 0.05) is 29.4 Å². The molecule has 2 bridgehead atoms. The summed E-state index contributed by atoms with van der Waals surface area (Å²) in [6.45, 7) is 2.95. The van der Waals surface area contributed by atoms with Gasteiger partial charge in [-0.2, -0.15) is 0 Å². The number of aromatic amines is 1. The average Bonchev–Trinajstić information content (AvgIpc) is 3.37. The van der Waals surface area contributed by atoms with E-state index in [9.17, 15) is 9.90 Å². The Labute approximate surface area is 169 Å². The van der Waals surface area contributed by atoms with Crippen molar-refractivity contribution in [1.82, 2.24) is 14.8 Å². The highest BCUT2D eigenvalue weighted by Gasteiger charge is 2.54. The number of nitrogens with one attached hydrogen (secondary N) is 1. The number of hydrogen-bond donors (Lipinski definition) is 2. The third-order valence-electron chi connectivity index (χ3n) is 7.31. The first kappa shape index (κ1) is 17.1. The molecule has 4 aliphatic heterocycles. The van der Waals surface area contributed by atoms with E-state index in [0.29, 0.717) is 29.9 Å². The lowest BCUT2D eigenvalue weighted by Crippen LogP contribution is -2.60. The minimum atomic E-state index is 0.104. The molecule has 4 saturated heterocycles. The summed E-state index contributed by atoms with van der Waals surface area (Å²) in [7, 11) is 0. The Kier molecular flexibility index (Phi) is 3.75. The molecular formula is C24H25N3O2. The minimum absolute atomic E-state index is 0.104. The molecule has 2 aromatic carbocycles. The fraction of sp³-hybridized carbons (Fsp3) is 0.375. The van der Waals surface area contributed by atoms with Crippen molar-refractivity contribution >= 4 is 16.8 Å². The Morgan fingerprint density at radius 3 is 2.62 bits per heavy atom. The molecule has 1 aromatic heterocycles. The summed E-state index contributed by atoms with van der Waals surface area (Å²) >= 11 is 0. The molecule has 0 unspecified atom stereocenters. The summed E-state index contributed by atoms with van der Waals surface area (Å²) in [6, 6.07) is 18.2. The zero-order valence-corrected chi connectivity index (χ0v) is 16.3. The van der Waals surface area contributed by atoms with Gasteiger partial charge >= 0.3 is 0 Å². The molecule has 5 heteroatoms. The van der Waals surface area contributed by atoms with Crippen LogP contribution in [0.3, 0.4) is 0 Å². The van der Waals surface area contributed by atoms with Crippen LogP contribution in [0.4, 0.5) is 0 Å². The van der Waals surface area contributed by atoms with E-state index in [1.54, 1.807) is 6.07 Å². The molecule has 5 heterocycles. The number of H-pyrrole nitrogens is 1. The summed E-state index contributed by atoms with van der Waals surface area (Å²) in [5, 5.41) is 11.1. The molecule has 0 spiro atoms. The number of phenolic OH excluding ortho intramolecular Hbond substituents is 1. The van der Waals surface area contributed by atoms with Crippen LogP contribution >= 0.6 is 0 Å². The molecule has 1 amide bonds. The maximum atomic E-state index is 13.6. The van der Waals surface area contributed by atoms with Crippen molar-refractivity contribution < 1.29 is 9.90 Å². The van der Waals surface area contributed by atoms with E-state index in [4.69, 9.17) is 0 Å². The fourth-order valence-corrected chi connectivity index (χ4v) is 6.05. The normalized spacial score (nSPS) is 30.6. The minimum Gasteiger partial charge on any atom is -0.508 e. The molecule has 0 radical (unpaired) electrons. The Hall–Kier alpha value is -2.79. The topological polar surface area (TPSA) is 59.6 Å². The van der Waals surface area contributed by atoms with Gasteiger partial charge in [0.25, 0.3) is 5.91 Å². The van der Waals surface area contributed by atoms with Crippen LogP contribution in [0.25, 0.3) is 10.9 Å². The van der Waals surface area contributed by atoms with E-state index in [0.717, 1.165) is 29.6 Å². The van der Waals surface area contributed by atoms with Gasteiger partial charge in [0.15, 0.2) is 0 Å². The maximum Gasteiger partial charge on any atom is 0.270 e. The van der Waals surface area contributed by atoms with E-state index in [1.807, 2.05) is 42.5 Å². The van der Waals surface area contributed by atoms with Crippen molar-refractivity contribution in [3.8, 4) is 5.75 Å². The number of benzene rings is 2. The third-order valence-corrected chi connectivity index (χ3v) is 7.31. The number of aromatic nitrogens is 1. The predicted molar refractivity (Wildman–Crippen MR) is 112 cm³/mol. The van der Waals surface area contributed by atoms with Crippen LogP contribution in [-0.4, -0.2) is 57.5 Å². The first-order valence-electron chi connectivity index (χ1n) is 10.6. The van der Waals surface area contributed by atoms with Crippen molar-refractivity contribution in [2.75, 3.05) is 19.6 Å². The number of fused-ring (bicyclic) bond motifs is 3. The molecule has 148 valence electrons. The van der Waals surface area contributed by atoms with Crippen LogP contribution in [-0.2, 0) is 0 Å². The number of amides is 1. The quantitative estimate of drug-likeness (QED) is 0.707. The summed E-state index contributed by atoms with van der Waals surface area (Å²) in [6.07, 6.45) is 2.34. The van der Waals surface area contributed by atoms with Crippen LogP contribution in [0.5, 0.6) is 5.75 Å². The molecular weight excluding hydrogens is 362 g/mol. The van der Waals surface area contributed by atoms with Gasteiger partial charge in [-0.3, -0.25) is 9.69 Å². The first-order chi connectivity index (χ1) is 14.2. The summed E-state index contributed by atoms with van der Waals surface area (Å²) in [4.78, 5) is 21.7. The number of hydrogen-bond acceptors (Lipinski definition) is 3. The zero-order chi connectivity index (χ0) is 19.5. The van der Waals surface area contributed by atoms with Crippen LogP contribution in [0.1, 0.15) is 34.8 Å². The van der Waals surface area contributed by atoms with E-state index in [1.165, 1.54) is 12.8 Å². The van der Waals surface area contributed by atoms with Gasteiger partial charge in [-0.15, -0.1) is 0 Å². The van der Waals surface area contributed by atoms with Crippen molar-refractivity contribution in [3.63, 3.8) is 0 Å². The second-order valence-electron chi connectivity index (χ2n) is 8.78. The SMILES string of the molecule is O=C(c1cc2ccccc2[nH]1)N1C[C@@H](c2cccc(O)c2)[C@@H]2[C@H]1C1CCN2CC1. The van der Waals surface area contributed by atoms with E-state index in [2.05, 4.69) is 20.9 Å². The largest absolute Gasteiger partial charge is 0.508 e. The van der Waals surface area contributed by atoms with Gasteiger partial charge in [0.05, 0.1) is 6.04 Å². The third kappa shape index (κ3) is 2.60. The van der Waals surface area contributed by atoms with Gasteiger partial charge in [-0.1, -0.05) is 30.3 Å². The van der Waals surface area contributed by atoms with Crippen LogP contribution < -0.4 is 0 Å². The van der Waals surface area contributed by atoms with Crippen LogP contribution in [0.15, 0.2) is 54.6 Å². The smallest absolute Gasteiger partial charge is 0.270 e. The highest BCUT2D eigenvalue weighted by Crippen LogP contribution is 2.47. The second-order valence-corrected chi connectivity index (χ2v) is 8.78. The number of carbonyl (C=O) groups excluding carboxylic acids is 1. The maximum absolute atomic E-state index is 13.6. The number of para-hydroxylation sites is 1. The number of aromatic hydroxyl groups is 1. The number of piperidine rings is 3. The Bertz CT molecular complexity index is 1050. The second kappa shape index (κ2) is 6.36. The number of carbonyl (C=O) groups is 1. The predicted octanol–water partition coefficient (Wildman–Crippen LogP) is 3.58. The highest BCUT2D eigenvalue weighted by molar-refractivity contribution is 5.98. The van der Waals surface area contributed by atoms with E-state index < -0.39 is 0 Å². The van der Waals surface area contributed by atoms with Crippen molar-refractivity contribution in [1.29, 1.82) is 0 Å². The monoisotopic (exact) mass is 387 g/mol. The summed E-state index contributed by atoms with van der Waals surface area (Å²) in [5.41, 5.74) is 2.82. The van der Waals surface area contributed by atoms with Gasteiger partial charge in [0.2, 0.25) is 0 Å². The van der Waals surface area contributed by atoms with E-state index in [-0.39, 0.29) is 17.9 Å². The van der Waals surface area contributed by atoms with Crippen molar-refractivity contribution in [3.05, 3.63) is 65.9 Å². The van der Waals surface area contributed by atoms with Gasteiger partial charge in [-0.05, 0) is 61.7 Å². The number of likely N-dealkylation sites (tertiary alicyclic amines) is 1. The Balaban J connectivity index is 1.40. The van der Waals surface area contributed by atoms with Gasteiger partial charge < -0.3 is 15.0 Å². The zero-order valence-electron chi connectivity index (χ0n) is 16.3. The first-order valence-corrected chi connectivity index (χ1v) is 10.6. The molecule has 5 nitrogen and oxygen atoms in total. The summed E-state index contributed by atoms with van der Waals surface area (Å²) < 4.78 is 0. The molecule has 4 fully saturated rings. The Morgan fingerprint density at radius 2 is 1.83 bits per heavy atom. The molecule has 4 aliphatic rings. The molecule has 2 N–H and O–H groups in total. The van der Waals surface area contributed by atoms with Crippen LogP contribution in [0, 0.1) is 5.92 Å². The highest BCUT2D eigenvalue weighted by atomic mass is 16.3. The molecule has 3 aromatic rings. The van der Waals surface area contributed by atoms with E-state index >= 15 is 0 Å². The Morgan fingerprint density at radius 1 is 1.00 bits per heavy atom. The molecule has 7 rings (SSSR count). The molecule has 0 aliphatic carbocycles. The lowest BCUT2D eigenvalue weighted by atomic mass is 9.75. The summed E-state index contributed by atoms with van der Waals surface area (Å²) in [5.74, 6) is 1.21. The standard InChI is InChI=1S/C24H25N3O2/c28-18-6-3-5-16(12-18)19-14-27(22-15-8-10-26(11-9-15)23(19)22)24(29)21-13-17-4-1-2-7-20(17)25-21/h1-7,12-13,15,19,22-23,25,28H,8-11,14H2/t19-,22+,23+/m0/s1. The number of rotatable bonds is 2. The molecule has 0 saturated carbocycles. The number of nitrogens with zero attached hydrogens (tertiary/aromatic N) is 2. The van der Waals surface area contributed by atoms with Gasteiger partial charge in [0.1, 0.15) is 11.4 Å².